The molecule has 0 spiro atoms. The Kier molecular flexibility index (Phi) is 6.36. The van der Waals surface area contributed by atoms with Crippen LogP contribution in [0.25, 0.3) is 0 Å². The van der Waals surface area contributed by atoms with Crippen LogP contribution < -0.4 is 4.90 Å². The second-order valence-corrected chi connectivity index (χ2v) is 8.58. The topological polar surface area (TPSA) is 66.9 Å². The van der Waals surface area contributed by atoms with Crippen LogP contribution in [0, 0.1) is 0 Å². The fourth-order valence-corrected chi connectivity index (χ4v) is 4.76. The lowest BCUT2D eigenvalue weighted by Gasteiger charge is -2.22. The molecule has 1 atom stereocenters. The molecule has 0 radical (unpaired) electrons. The molecular formula is C21H26N2O4S. The van der Waals surface area contributed by atoms with Crippen LogP contribution in [0.15, 0.2) is 59.5 Å². The van der Waals surface area contributed by atoms with Crippen LogP contribution in [0.5, 0.6) is 0 Å². The zero-order valence-electron chi connectivity index (χ0n) is 16.2. The number of ether oxygens (including phenoxy) is 1. The van der Waals surface area contributed by atoms with Crippen molar-refractivity contribution in [2.75, 3.05) is 24.5 Å². The van der Waals surface area contributed by atoms with Crippen molar-refractivity contribution in [2.45, 2.75) is 37.9 Å². The molecule has 1 unspecified atom stereocenters. The Labute approximate surface area is 166 Å². The van der Waals surface area contributed by atoms with Crippen molar-refractivity contribution in [3.05, 3.63) is 60.2 Å². The summed E-state index contributed by atoms with van der Waals surface area (Å²) < 4.78 is 32.5. The highest BCUT2D eigenvalue weighted by atomic mass is 32.2. The van der Waals surface area contributed by atoms with Crippen LogP contribution >= 0.6 is 0 Å². The number of benzene rings is 2. The number of nitrogens with zero attached hydrogens (tertiary/aromatic N) is 2. The van der Waals surface area contributed by atoms with Crippen molar-refractivity contribution in [1.82, 2.24) is 4.31 Å². The monoisotopic (exact) mass is 402 g/mol. The minimum atomic E-state index is -3.87. The van der Waals surface area contributed by atoms with Crippen molar-refractivity contribution in [3.63, 3.8) is 0 Å². The third-order valence-corrected chi connectivity index (χ3v) is 6.73. The summed E-state index contributed by atoms with van der Waals surface area (Å²) in [6, 6.07) is 16.3. The maximum atomic E-state index is 12.9. The summed E-state index contributed by atoms with van der Waals surface area (Å²) >= 11 is 0. The molecule has 0 N–H and O–H groups in total. The molecule has 1 amide bonds. The van der Waals surface area contributed by atoms with Crippen LogP contribution in [0.1, 0.15) is 25.8 Å². The minimum Gasteiger partial charge on any atom is -0.372 e. The highest BCUT2D eigenvalue weighted by molar-refractivity contribution is 7.89. The summed E-state index contributed by atoms with van der Waals surface area (Å²) in [5.74, 6) is -0.425. The zero-order valence-corrected chi connectivity index (χ0v) is 17.1. The minimum absolute atomic E-state index is 0.0474. The maximum absolute atomic E-state index is 12.9. The Balaban J connectivity index is 1.68. The van der Waals surface area contributed by atoms with Crippen molar-refractivity contribution < 1.29 is 17.9 Å². The van der Waals surface area contributed by atoms with E-state index in [1.165, 1.54) is 0 Å². The quantitative estimate of drug-likeness (QED) is 0.679. The van der Waals surface area contributed by atoms with Gasteiger partial charge in [-0.2, -0.15) is 0 Å². The molecule has 150 valence electrons. The number of hydrogen-bond donors (Lipinski definition) is 0. The first-order valence-corrected chi connectivity index (χ1v) is 11.0. The first-order chi connectivity index (χ1) is 13.5. The smallest absolute Gasteiger partial charge is 0.266 e. The number of sulfonamides is 1. The molecule has 7 heteroatoms. The highest BCUT2D eigenvalue weighted by Crippen LogP contribution is 2.26. The van der Waals surface area contributed by atoms with Gasteiger partial charge >= 0.3 is 0 Å². The highest BCUT2D eigenvalue weighted by Gasteiger charge is 2.38. The van der Waals surface area contributed by atoms with E-state index in [1.807, 2.05) is 44.2 Å². The van der Waals surface area contributed by atoms with Crippen molar-refractivity contribution in [3.8, 4) is 0 Å². The Hall–Kier alpha value is -2.38. The zero-order chi connectivity index (χ0) is 20.1. The van der Waals surface area contributed by atoms with Crippen LogP contribution in [0.2, 0.25) is 0 Å². The fourth-order valence-electron chi connectivity index (χ4n) is 3.32. The summed E-state index contributed by atoms with van der Waals surface area (Å²) in [6.07, 6.45) is -0.360. The molecule has 1 aliphatic heterocycles. The van der Waals surface area contributed by atoms with Crippen LogP contribution in [-0.2, 0) is 26.2 Å². The molecule has 0 bridgehead atoms. The van der Waals surface area contributed by atoms with E-state index in [-0.39, 0.29) is 17.9 Å². The average Bonchev–Trinajstić information content (AvgIpc) is 3.10. The molecule has 1 aliphatic rings. The summed E-state index contributed by atoms with van der Waals surface area (Å²) in [5.41, 5.74) is 1.95. The third kappa shape index (κ3) is 4.36. The van der Waals surface area contributed by atoms with Crippen LogP contribution in [0.4, 0.5) is 5.69 Å². The Morgan fingerprint density at radius 1 is 1.04 bits per heavy atom. The van der Waals surface area contributed by atoms with Gasteiger partial charge in [-0.05, 0) is 43.7 Å². The molecule has 1 saturated heterocycles. The lowest BCUT2D eigenvalue weighted by Crippen LogP contribution is -2.33. The second-order valence-electron chi connectivity index (χ2n) is 6.72. The number of rotatable bonds is 8. The van der Waals surface area contributed by atoms with E-state index in [2.05, 4.69) is 4.90 Å². The lowest BCUT2D eigenvalue weighted by atomic mass is 10.2. The van der Waals surface area contributed by atoms with Gasteiger partial charge in [0.25, 0.3) is 10.0 Å². The number of amides is 1. The van der Waals surface area contributed by atoms with Gasteiger partial charge in [0.2, 0.25) is 5.91 Å². The summed E-state index contributed by atoms with van der Waals surface area (Å²) in [4.78, 5) is 14.6. The van der Waals surface area contributed by atoms with E-state index in [0.717, 1.165) is 28.6 Å². The van der Waals surface area contributed by atoms with Gasteiger partial charge in [0.15, 0.2) is 0 Å². The maximum Gasteiger partial charge on any atom is 0.266 e. The summed E-state index contributed by atoms with van der Waals surface area (Å²) in [6.45, 7) is 6.18. The molecule has 28 heavy (non-hydrogen) atoms. The lowest BCUT2D eigenvalue weighted by molar-refractivity contribution is -0.124. The van der Waals surface area contributed by atoms with Crippen LogP contribution in [0.3, 0.4) is 0 Å². The van der Waals surface area contributed by atoms with Gasteiger partial charge in [-0.3, -0.25) is 4.79 Å². The number of carbonyl (C=O) groups is 1. The Bertz CT molecular complexity index is 894. The Morgan fingerprint density at radius 3 is 2.29 bits per heavy atom. The van der Waals surface area contributed by atoms with Gasteiger partial charge in [0.05, 0.1) is 30.6 Å². The molecule has 1 heterocycles. The molecule has 0 aromatic heterocycles. The first kappa shape index (κ1) is 20.4. The molecule has 0 aliphatic carbocycles. The van der Waals surface area contributed by atoms with E-state index in [0.29, 0.717) is 6.61 Å². The van der Waals surface area contributed by atoms with Gasteiger partial charge in [0.1, 0.15) is 0 Å². The summed E-state index contributed by atoms with van der Waals surface area (Å²) in [5, 5.41) is 0. The molecule has 2 aromatic carbocycles. The van der Waals surface area contributed by atoms with Gasteiger partial charge in [0, 0.05) is 18.8 Å². The molecular weight excluding hydrogens is 376 g/mol. The van der Waals surface area contributed by atoms with Gasteiger partial charge in [-0.25, -0.2) is 12.7 Å². The van der Waals surface area contributed by atoms with Crippen molar-refractivity contribution in [2.24, 2.45) is 0 Å². The van der Waals surface area contributed by atoms with E-state index < -0.39 is 22.0 Å². The van der Waals surface area contributed by atoms with E-state index in [4.69, 9.17) is 4.74 Å². The average molecular weight is 403 g/mol. The largest absolute Gasteiger partial charge is 0.372 e. The molecule has 2 aromatic rings. The molecule has 1 fully saturated rings. The first-order valence-electron chi connectivity index (χ1n) is 9.51. The van der Waals surface area contributed by atoms with Gasteiger partial charge in [-0.1, -0.05) is 30.3 Å². The van der Waals surface area contributed by atoms with Crippen molar-refractivity contribution >= 4 is 21.6 Å². The van der Waals surface area contributed by atoms with E-state index in [1.54, 1.807) is 24.3 Å². The Morgan fingerprint density at radius 2 is 1.68 bits per heavy atom. The predicted molar refractivity (Wildman–Crippen MR) is 109 cm³/mol. The molecule has 0 saturated carbocycles. The standard InChI is InChI=1S/C21H26N2O4S/c1-3-22(4-2)18-10-12-20(13-11-18)28(25,26)23-15-19(14-21(23)24)27-16-17-8-6-5-7-9-17/h5-13,19H,3-4,14-16H2,1-2H3. The SMILES string of the molecule is CCN(CC)c1ccc(S(=O)(=O)N2CC(OCc3ccccc3)CC2=O)cc1. The third-order valence-electron chi connectivity index (χ3n) is 4.93. The number of hydrogen-bond acceptors (Lipinski definition) is 5. The normalized spacial score (nSPS) is 17.1. The van der Waals surface area contributed by atoms with Crippen LogP contribution in [-0.4, -0.2) is 44.4 Å². The number of anilines is 1. The van der Waals surface area contributed by atoms with Gasteiger partial charge < -0.3 is 9.64 Å². The van der Waals surface area contributed by atoms with Gasteiger partial charge in [-0.15, -0.1) is 0 Å². The summed E-state index contributed by atoms with van der Waals surface area (Å²) in [7, 11) is -3.87. The number of carbonyl (C=O) groups excluding carboxylic acids is 1. The molecule has 6 nitrogen and oxygen atoms in total. The van der Waals surface area contributed by atoms with Crippen molar-refractivity contribution in [1.29, 1.82) is 0 Å². The predicted octanol–water partition coefficient (Wildman–Crippen LogP) is 3.04. The van der Waals surface area contributed by atoms with E-state index >= 15 is 0 Å². The fraction of sp³-hybridized carbons (Fsp3) is 0.381. The second kappa shape index (κ2) is 8.75. The molecule has 3 rings (SSSR count). The van der Waals surface area contributed by atoms with E-state index in [9.17, 15) is 13.2 Å².